The molecule has 172 valence electrons. The molecule has 2 aliphatic heterocycles. The quantitative estimate of drug-likeness (QED) is 0.480. The molecule has 2 aliphatic rings. The first-order valence-electron chi connectivity index (χ1n) is 11.8. The second-order valence-electron chi connectivity index (χ2n) is 8.82. The van der Waals surface area contributed by atoms with Gasteiger partial charge < -0.3 is 9.64 Å². The van der Waals surface area contributed by atoms with Crippen molar-refractivity contribution in [3.63, 3.8) is 0 Å². The number of hydrogen-bond donors (Lipinski definition) is 1. The predicted molar refractivity (Wildman–Crippen MR) is 130 cm³/mol. The van der Waals surface area contributed by atoms with E-state index in [1.807, 2.05) is 30.6 Å². The summed E-state index contributed by atoms with van der Waals surface area (Å²) in [5.41, 5.74) is 6.16. The normalized spacial score (nSPS) is 17.0. The standard InChI is InChI=1S/C26H27N7O/c1-2-20(15-27-8-1)26-23(16-29-31-26)24-7-9-28-25(30-24)14-19-3-5-21(6-4-19)32-10-12-33(13-11-32)22-17-34-18-22/h1-9,15-16,22H,10-14,17-18H2,(H,29,31). The number of rotatable bonds is 6. The Bertz CT molecular complexity index is 1230. The van der Waals surface area contributed by atoms with Crippen molar-refractivity contribution in [2.75, 3.05) is 44.3 Å². The van der Waals surface area contributed by atoms with Gasteiger partial charge in [-0.05, 0) is 35.9 Å². The third kappa shape index (κ3) is 4.30. The van der Waals surface area contributed by atoms with Crippen LogP contribution in [0, 0.1) is 0 Å². The molecule has 3 aromatic heterocycles. The molecule has 2 saturated heterocycles. The fraction of sp³-hybridized carbons (Fsp3) is 0.308. The Labute approximate surface area is 198 Å². The van der Waals surface area contributed by atoms with Gasteiger partial charge >= 0.3 is 0 Å². The number of nitrogens with zero attached hydrogens (tertiary/aromatic N) is 6. The van der Waals surface area contributed by atoms with Crippen molar-refractivity contribution in [1.29, 1.82) is 0 Å². The molecule has 8 heteroatoms. The molecule has 6 rings (SSSR count). The fourth-order valence-corrected chi connectivity index (χ4v) is 4.63. The smallest absolute Gasteiger partial charge is 0.133 e. The van der Waals surface area contributed by atoms with Gasteiger partial charge in [0.05, 0.1) is 36.8 Å². The Hall–Kier alpha value is -3.62. The number of anilines is 1. The van der Waals surface area contributed by atoms with Crippen LogP contribution in [0.5, 0.6) is 0 Å². The van der Waals surface area contributed by atoms with E-state index in [0.717, 1.165) is 67.7 Å². The van der Waals surface area contributed by atoms with Crippen molar-refractivity contribution in [3.05, 3.63) is 78.6 Å². The first kappa shape index (κ1) is 20.9. The Morgan fingerprint density at radius 1 is 0.941 bits per heavy atom. The summed E-state index contributed by atoms with van der Waals surface area (Å²) in [6, 6.07) is 15.3. The maximum Gasteiger partial charge on any atom is 0.133 e. The molecule has 0 aliphatic carbocycles. The van der Waals surface area contributed by atoms with Crippen molar-refractivity contribution >= 4 is 5.69 Å². The number of ether oxygens (including phenoxy) is 1. The summed E-state index contributed by atoms with van der Waals surface area (Å²) in [6.45, 7) is 6.11. The summed E-state index contributed by atoms with van der Waals surface area (Å²) < 4.78 is 5.34. The summed E-state index contributed by atoms with van der Waals surface area (Å²) in [5, 5.41) is 7.32. The number of piperazine rings is 1. The average molecular weight is 454 g/mol. The zero-order valence-electron chi connectivity index (χ0n) is 19.0. The molecule has 0 spiro atoms. The molecule has 8 nitrogen and oxygen atoms in total. The maximum atomic E-state index is 5.34. The van der Waals surface area contributed by atoms with Gasteiger partial charge in [-0.15, -0.1) is 0 Å². The van der Waals surface area contributed by atoms with Crippen LogP contribution < -0.4 is 4.90 Å². The van der Waals surface area contributed by atoms with E-state index in [4.69, 9.17) is 9.72 Å². The summed E-state index contributed by atoms with van der Waals surface area (Å²) in [5.74, 6) is 0.792. The number of aromatic nitrogens is 5. The van der Waals surface area contributed by atoms with Crippen molar-refractivity contribution < 1.29 is 4.74 Å². The van der Waals surface area contributed by atoms with Crippen molar-refractivity contribution in [1.82, 2.24) is 30.0 Å². The molecule has 0 bridgehead atoms. The van der Waals surface area contributed by atoms with E-state index in [2.05, 4.69) is 54.2 Å². The van der Waals surface area contributed by atoms with Gasteiger partial charge in [-0.2, -0.15) is 5.10 Å². The Balaban J connectivity index is 1.13. The number of pyridine rings is 1. The predicted octanol–water partition coefficient (Wildman–Crippen LogP) is 3.04. The SMILES string of the molecule is c1cncc(-c2[nH]ncc2-c2ccnc(Cc3ccc(N4CCN(C5COC5)CC4)cc3)n2)c1. The van der Waals surface area contributed by atoms with E-state index in [-0.39, 0.29) is 0 Å². The average Bonchev–Trinajstić information content (AvgIpc) is 3.35. The van der Waals surface area contributed by atoms with E-state index in [1.54, 1.807) is 12.4 Å². The van der Waals surface area contributed by atoms with Crippen LogP contribution >= 0.6 is 0 Å². The van der Waals surface area contributed by atoms with Gasteiger partial charge in [0, 0.05) is 68.0 Å². The maximum absolute atomic E-state index is 5.34. The molecule has 4 aromatic rings. The third-order valence-electron chi connectivity index (χ3n) is 6.69. The largest absolute Gasteiger partial charge is 0.378 e. The zero-order valence-corrected chi connectivity index (χ0v) is 19.0. The van der Waals surface area contributed by atoms with Crippen LogP contribution in [-0.2, 0) is 11.2 Å². The minimum Gasteiger partial charge on any atom is -0.378 e. The van der Waals surface area contributed by atoms with E-state index < -0.39 is 0 Å². The summed E-state index contributed by atoms with van der Waals surface area (Å²) in [6.07, 6.45) is 7.89. The lowest BCUT2D eigenvalue weighted by atomic mass is 10.1. The summed E-state index contributed by atoms with van der Waals surface area (Å²) in [4.78, 5) is 18.6. The van der Waals surface area contributed by atoms with Crippen LogP contribution in [0.4, 0.5) is 5.69 Å². The highest BCUT2D eigenvalue weighted by Crippen LogP contribution is 2.28. The molecule has 0 unspecified atom stereocenters. The van der Waals surface area contributed by atoms with Crippen LogP contribution in [0.15, 0.2) is 67.3 Å². The number of H-pyrrole nitrogens is 1. The second kappa shape index (κ2) is 9.32. The molecule has 1 N–H and O–H groups in total. The second-order valence-corrected chi connectivity index (χ2v) is 8.82. The fourth-order valence-electron chi connectivity index (χ4n) is 4.63. The number of aromatic amines is 1. The van der Waals surface area contributed by atoms with Gasteiger partial charge in [-0.1, -0.05) is 12.1 Å². The molecule has 0 saturated carbocycles. The van der Waals surface area contributed by atoms with Crippen LogP contribution in [0.2, 0.25) is 0 Å². The third-order valence-corrected chi connectivity index (χ3v) is 6.69. The van der Waals surface area contributed by atoms with Crippen LogP contribution in [0.1, 0.15) is 11.4 Å². The lowest BCUT2D eigenvalue weighted by Gasteiger charge is -2.43. The van der Waals surface area contributed by atoms with Crippen LogP contribution in [-0.4, -0.2) is 75.5 Å². The van der Waals surface area contributed by atoms with Crippen LogP contribution in [0.3, 0.4) is 0 Å². The van der Waals surface area contributed by atoms with Gasteiger partial charge in [-0.25, -0.2) is 9.97 Å². The van der Waals surface area contributed by atoms with Gasteiger partial charge in [0.25, 0.3) is 0 Å². The molecule has 34 heavy (non-hydrogen) atoms. The Morgan fingerprint density at radius 3 is 2.53 bits per heavy atom. The van der Waals surface area contributed by atoms with E-state index in [9.17, 15) is 0 Å². The molecular formula is C26H27N7O. The topological polar surface area (TPSA) is 83.1 Å². The highest BCUT2D eigenvalue weighted by Gasteiger charge is 2.28. The highest BCUT2D eigenvalue weighted by molar-refractivity contribution is 5.77. The summed E-state index contributed by atoms with van der Waals surface area (Å²) >= 11 is 0. The zero-order chi connectivity index (χ0) is 22.7. The minimum absolute atomic E-state index is 0.628. The molecule has 0 atom stereocenters. The van der Waals surface area contributed by atoms with Gasteiger partial charge in [0.2, 0.25) is 0 Å². The number of nitrogens with one attached hydrogen (secondary N) is 1. The number of benzene rings is 1. The monoisotopic (exact) mass is 453 g/mol. The first-order chi connectivity index (χ1) is 16.8. The lowest BCUT2D eigenvalue weighted by molar-refractivity contribution is -0.0660. The lowest BCUT2D eigenvalue weighted by Crippen LogP contribution is -2.56. The van der Waals surface area contributed by atoms with Crippen LogP contribution in [0.25, 0.3) is 22.5 Å². The minimum atomic E-state index is 0.628. The molecule has 5 heterocycles. The number of hydrogen-bond acceptors (Lipinski definition) is 7. The molecule has 1 aromatic carbocycles. The van der Waals surface area contributed by atoms with E-state index >= 15 is 0 Å². The van der Waals surface area contributed by atoms with Gasteiger partial charge in [0.1, 0.15) is 5.82 Å². The van der Waals surface area contributed by atoms with Gasteiger partial charge in [-0.3, -0.25) is 15.0 Å². The molecule has 0 amide bonds. The Kier molecular flexibility index (Phi) is 5.74. The Morgan fingerprint density at radius 2 is 1.79 bits per heavy atom. The van der Waals surface area contributed by atoms with Gasteiger partial charge in [0.15, 0.2) is 0 Å². The highest BCUT2D eigenvalue weighted by atomic mass is 16.5. The molecule has 2 fully saturated rings. The van der Waals surface area contributed by atoms with Crippen molar-refractivity contribution in [3.8, 4) is 22.5 Å². The summed E-state index contributed by atoms with van der Waals surface area (Å²) in [7, 11) is 0. The van der Waals surface area contributed by atoms with E-state index in [1.165, 1.54) is 11.3 Å². The first-order valence-corrected chi connectivity index (χ1v) is 11.8. The molecule has 0 radical (unpaired) electrons. The van der Waals surface area contributed by atoms with Crippen molar-refractivity contribution in [2.24, 2.45) is 0 Å². The molecular weight excluding hydrogens is 426 g/mol. The van der Waals surface area contributed by atoms with Crippen molar-refractivity contribution in [2.45, 2.75) is 12.5 Å². The van der Waals surface area contributed by atoms with E-state index in [0.29, 0.717) is 12.5 Å².